The highest BCUT2D eigenvalue weighted by Gasteiger charge is 2.16. The van der Waals surface area contributed by atoms with Crippen LogP contribution in [0.4, 0.5) is 10.2 Å². The number of nitrogens with one attached hydrogen (secondary N) is 1. The molecule has 1 N–H and O–H groups in total. The third-order valence-corrected chi connectivity index (χ3v) is 4.17. The van der Waals surface area contributed by atoms with Crippen LogP contribution in [0.15, 0.2) is 47.7 Å². The van der Waals surface area contributed by atoms with Gasteiger partial charge in [-0.2, -0.15) is 5.10 Å². The van der Waals surface area contributed by atoms with E-state index in [-0.39, 0.29) is 6.54 Å². The summed E-state index contributed by atoms with van der Waals surface area (Å²) >= 11 is 0. The predicted octanol–water partition coefficient (Wildman–Crippen LogP) is 1.78. The van der Waals surface area contributed by atoms with Crippen molar-refractivity contribution in [3.8, 4) is 0 Å². The van der Waals surface area contributed by atoms with Gasteiger partial charge in [-0.25, -0.2) is 19.0 Å². The van der Waals surface area contributed by atoms with Gasteiger partial charge in [0.25, 0.3) is 5.56 Å². The summed E-state index contributed by atoms with van der Waals surface area (Å²) < 4.78 is 16.4. The first-order valence-electron chi connectivity index (χ1n) is 8.33. The van der Waals surface area contributed by atoms with Crippen molar-refractivity contribution in [2.75, 3.05) is 5.32 Å². The SMILES string of the molecule is CCc1nn(CC(=O)Nc2ccncn2)c(=O)c2cc3ccc(F)cc3n12. The van der Waals surface area contributed by atoms with E-state index in [1.807, 2.05) is 6.92 Å². The Morgan fingerprint density at radius 2 is 2.07 bits per heavy atom. The van der Waals surface area contributed by atoms with Gasteiger partial charge in [0.2, 0.25) is 5.91 Å². The molecule has 9 heteroatoms. The third-order valence-electron chi connectivity index (χ3n) is 4.17. The normalized spacial score (nSPS) is 11.2. The number of fused-ring (bicyclic) bond motifs is 3. The smallest absolute Gasteiger partial charge is 0.291 e. The van der Waals surface area contributed by atoms with E-state index in [4.69, 9.17) is 0 Å². The van der Waals surface area contributed by atoms with Crippen LogP contribution >= 0.6 is 0 Å². The van der Waals surface area contributed by atoms with Gasteiger partial charge in [-0.3, -0.25) is 14.0 Å². The van der Waals surface area contributed by atoms with Crippen molar-refractivity contribution in [2.24, 2.45) is 0 Å². The molecule has 0 atom stereocenters. The number of anilines is 1. The third kappa shape index (κ3) is 3.03. The highest BCUT2D eigenvalue weighted by atomic mass is 19.1. The number of aromatic nitrogens is 5. The summed E-state index contributed by atoms with van der Waals surface area (Å²) in [5.41, 5.74) is 0.489. The molecule has 136 valence electrons. The van der Waals surface area contributed by atoms with Crippen LogP contribution in [-0.2, 0) is 17.8 Å². The number of rotatable bonds is 4. The molecule has 3 heterocycles. The second-order valence-electron chi connectivity index (χ2n) is 5.94. The van der Waals surface area contributed by atoms with Crippen LogP contribution < -0.4 is 10.9 Å². The largest absolute Gasteiger partial charge is 0.309 e. The summed E-state index contributed by atoms with van der Waals surface area (Å²) in [7, 11) is 0. The molecule has 0 fully saturated rings. The Morgan fingerprint density at radius 1 is 1.22 bits per heavy atom. The number of benzene rings is 1. The maximum absolute atomic E-state index is 13.7. The van der Waals surface area contributed by atoms with Crippen molar-refractivity contribution < 1.29 is 9.18 Å². The number of amides is 1. The lowest BCUT2D eigenvalue weighted by Gasteiger charge is -2.10. The Hall–Kier alpha value is -3.62. The van der Waals surface area contributed by atoms with Gasteiger partial charge in [-0.15, -0.1) is 0 Å². The molecule has 3 aromatic heterocycles. The molecule has 4 aromatic rings. The number of hydrogen-bond donors (Lipinski definition) is 1. The minimum Gasteiger partial charge on any atom is -0.309 e. The summed E-state index contributed by atoms with van der Waals surface area (Å²) in [5.74, 6) is 0.0681. The van der Waals surface area contributed by atoms with Crippen molar-refractivity contribution >= 4 is 28.1 Å². The van der Waals surface area contributed by atoms with E-state index >= 15 is 0 Å². The summed E-state index contributed by atoms with van der Waals surface area (Å²) in [4.78, 5) is 32.8. The molecular weight excluding hydrogens is 351 g/mol. The number of halogens is 1. The molecule has 4 rings (SSSR count). The van der Waals surface area contributed by atoms with Gasteiger partial charge in [0.15, 0.2) is 0 Å². The highest BCUT2D eigenvalue weighted by Crippen LogP contribution is 2.20. The first kappa shape index (κ1) is 16.8. The van der Waals surface area contributed by atoms with Crippen LogP contribution in [-0.4, -0.2) is 30.1 Å². The quantitative estimate of drug-likeness (QED) is 0.594. The van der Waals surface area contributed by atoms with Gasteiger partial charge in [-0.05, 0) is 30.3 Å². The van der Waals surface area contributed by atoms with Crippen LogP contribution in [0.2, 0.25) is 0 Å². The van der Waals surface area contributed by atoms with Crippen LogP contribution in [0.3, 0.4) is 0 Å². The molecule has 1 amide bonds. The van der Waals surface area contributed by atoms with Gasteiger partial charge in [-0.1, -0.05) is 6.92 Å². The fraction of sp³-hybridized carbons (Fsp3) is 0.167. The van der Waals surface area contributed by atoms with Crippen LogP contribution in [0.5, 0.6) is 0 Å². The summed E-state index contributed by atoms with van der Waals surface area (Å²) in [6.07, 6.45) is 3.32. The number of carbonyl (C=O) groups excluding carboxylic acids is 1. The predicted molar refractivity (Wildman–Crippen MR) is 97.0 cm³/mol. The Bertz CT molecular complexity index is 1220. The lowest BCUT2D eigenvalue weighted by Crippen LogP contribution is -2.32. The van der Waals surface area contributed by atoms with E-state index in [1.54, 1.807) is 22.6 Å². The number of carbonyl (C=O) groups is 1. The van der Waals surface area contributed by atoms with Crippen molar-refractivity contribution in [1.82, 2.24) is 24.1 Å². The molecule has 0 aliphatic carbocycles. The molecule has 0 saturated carbocycles. The van der Waals surface area contributed by atoms with Gasteiger partial charge in [0, 0.05) is 18.0 Å². The van der Waals surface area contributed by atoms with Crippen molar-refractivity contribution in [3.05, 3.63) is 64.9 Å². The first-order valence-corrected chi connectivity index (χ1v) is 8.33. The van der Waals surface area contributed by atoms with Crippen molar-refractivity contribution in [3.63, 3.8) is 0 Å². The zero-order valence-electron chi connectivity index (χ0n) is 14.4. The molecular formula is C18H15FN6O2. The van der Waals surface area contributed by atoms with Gasteiger partial charge >= 0.3 is 0 Å². The average molecular weight is 366 g/mol. The Balaban J connectivity index is 1.78. The maximum Gasteiger partial charge on any atom is 0.291 e. The Kier molecular flexibility index (Phi) is 4.11. The lowest BCUT2D eigenvalue weighted by molar-refractivity contribution is -0.117. The van der Waals surface area contributed by atoms with E-state index in [0.29, 0.717) is 29.1 Å². The summed E-state index contributed by atoms with van der Waals surface area (Å²) in [5, 5.41) is 7.62. The van der Waals surface area contributed by atoms with E-state index in [1.165, 1.54) is 24.7 Å². The van der Waals surface area contributed by atoms with E-state index in [9.17, 15) is 14.0 Å². The minimum atomic E-state index is -0.433. The van der Waals surface area contributed by atoms with Crippen molar-refractivity contribution in [1.29, 1.82) is 0 Å². The van der Waals surface area contributed by atoms with Crippen molar-refractivity contribution in [2.45, 2.75) is 19.9 Å². The molecule has 0 aliphatic rings. The topological polar surface area (TPSA) is 94.2 Å². The minimum absolute atomic E-state index is 0.262. The Morgan fingerprint density at radius 3 is 2.81 bits per heavy atom. The molecule has 0 aliphatic heterocycles. The van der Waals surface area contributed by atoms with Crippen LogP contribution in [0, 0.1) is 5.82 Å². The second kappa shape index (κ2) is 6.60. The second-order valence-corrected chi connectivity index (χ2v) is 5.94. The van der Waals surface area contributed by atoms with Gasteiger partial charge < -0.3 is 5.32 Å². The number of aryl methyl sites for hydroxylation is 1. The van der Waals surface area contributed by atoms with Crippen LogP contribution in [0.1, 0.15) is 12.7 Å². The number of hydrogen-bond acceptors (Lipinski definition) is 5. The summed E-state index contributed by atoms with van der Waals surface area (Å²) in [6.45, 7) is 1.62. The lowest BCUT2D eigenvalue weighted by atomic mass is 10.2. The average Bonchev–Trinajstić information content (AvgIpc) is 3.04. The molecule has 1 aromatic carbocycles. The van der Waals surface area contributed by atoms with Crippen LogP contribution in [0.25, 0.3) is 16.4 Å². The fourth-order valence-electron chi connectivity index (χ4n) is 2.99. The molecule has 0 saturated heterocycles. The molecule has 8 nitrogen and oxygen atoms in total. The first-order chi connectivity index (χ1) is 13.1. The molecule has 0 spiro atoms. The number of nitrogens with zero attached hydrogens (tertiary/aromatic N) is 5. The summed E-state index contributed by atoms with van der Waals surface area (Å²) in [6, 6.07) is 7.55. The van der Waals surface area contributed by atoms with E-state index < -0.39 is 17.3 Å². The zero-order valence-corrected chi connectivity index (χ0v) is 14.4. The molecule has 0 unspecified atom stereocenters. The monoisotopic (exact) mass is 366 g/mol. The van der Waals surface area contributed by atoms with Gasteiger partial charge in [0.05, 0.1) is 5.52 Å². The molecule has 0 bridgehead atoms. The highest BCUT2D eigenvalue weighted by molar-refractivity contribution is 5.90. The standard InChI is InChI=1S/C18H15FN6O2/c1-2-16-23-24(9-17(26)22-15-5-6-20-10-21-15)18(27)14-7-11-3-4-12(19)8-13(11)25(14)16/h3-8,10H,2,9H2,1H3,(H,20,21,22,26). The van der Waals surface area contributed by atoms with E-state index in [0.717, 1.165) is 10.1 Å². The molecule has 0 radical (unpaired) electrons. The fourth-order valence-corrected chi connectivity index (χ4v) is 2.99. The molecule has 27 heavy (non-hydrogen) atoms. The van der Waals surface area contributed by atoms with Gasteiger partial charge in [0.1, 0.15) is 35.8 Å². The maximum atomic E-state index is 13.7. The van der Waals surface area contributed by atoms with E-state index in [2.05, 4.69) is 20.4 Å². The Labute approximate surface area is 152 Å². The zero-order chi connectivity index (χ0) is 19.0.